The van der Waals surface area contributed by atoms with Gasteiger partial charge < -0.3 is 10.2 Å². The molecule has 53 heavy (non-hydrogen) atoms. The topological polar surface area (TPSA) is 40.5 Å². The summed E-state index contributed by atoms with van der Waals surface area (Å²) in [5.41, 5.74) is 0. The van der Waals surface area contributed by atoms with E-state index < -0.39 is 36.7 Å². The molecule has 0 atom stereocenters. The average Bonchev–Trinajstić information content (AvgIpc) is 3.13. The first-order valence-corrected chi connectivity index (χ1v) is 27.8. The summed E-state index contributed by atoms with van der Waals surface area (Å²) in [6, 6.07) is 54.2. The molecule has 0 amide bonds. The Morgan fingerprint density at radius 1 is 0.415 bits per heavy atom. The number of phenols is 2. The Hall–Kier alpha value is -2.06. The fourth-order valence-corrected chi connectivity index (χ4v) is 12.3. The maximum atomic E-state index is 11.0. The van der Waals surface area contributed by atoms with Crippen LogP contribution in [0.2, 0.25) is 0 Å². The second-order valence-corrected chi connectivity index (χ2v) is 25.6. The van der Waals surface area contributed by atoms with Crippen molar-refractivity contribution in [1.29, 1.82) is 0 Å². The van der Waals surface area contributed by atoms with Crippen molar-refractivity contribution in [3.63, 3.8) is 0 Å². The monoisotopic (exact) mass is 892 g/mol. The molecule has 0 saturated carbocycles. The van der Waals surface area contributed by atoms with E-state index in [2.05, 4.69) is 163 Å². The van der Waals surface area contributed by atoms with Crippen LogP contribution in [0, 0.1) is 0 Å². The third-order valence-corrected chi connectivity index (χ3v) is 14.6. The van der Waals surface area contributed by atoms with Gasteiger partial charge in [-0.1, -0.05) is 187 Å². The number of benzene rings is 6. The van der Waals surface area contributed by atoms with E-state index in [-0.39, 0.29) is 9.49 Å². The Morgan fingerprint density at radius 2 is 0.660 bits per heavy atom. The molecule has 6 aromatic rings. The maximum absolute atomic E-state index is 11.0. The fourth-order valence-electron chi connectivity index (χ4n) is 5.37. The molecule has 0 bridgehead atoms. The summed E-state index contributed by atoms with van der Waals surface area (Å²) < 4.78 is 0.108. The molecular weight excluding hydrogens is 849 g/mol. The molecule has 6 aromatic carbocycles. The molecule has 0 aliphatic carbocycles. The van der Waals surface area contributed by atoms with Crippen LogP contribution in [0.25, 0.3) is 0 Å². The van der Waals surface area contributed by atoms with Gasteiger partial charge in [-0.2, -0.15) is 0 Å². The summed E-state index contributed by atoms with van der Waals surface area (Å²) in [6.45, 7) is 13.0. The molecule has 0 saturated heterocycles. The number of thioether (sulfide) groups is 2. The standard InChI is InChI=1S/2C22H23OPS.2ClH.Zr/c2*1-22(2,3)25-20-16-10-15-19(21(20)23)24(17-11-6-4-7-12-17)18-13-8-5-9-14-18;;;/h2*4-16,23H,1-3H3;2*1H;/q;;;;+2/p-2. The Balaban J connectivity index is 0.000000220. The van der Waals surface area contributed by atoms with Crippen LogP contribution in [0.1, 0.15) is 41.5 Å². The van der Waals surface area contributed by atoms with Crippen molar-refractivity contribution in [3.05, 3.63) is 158 Å². The van der Waals surface area contributed by atoms with Crippen LogP contribution in [-0.4, -0.2) is 19.7 Å². The van der Waals surface area contributed by atoms with Crippen LogP contribution >= 0.6 is 56.4 Å². The summed E-state index contributed by atoms with van der Waals surface area (Å²) in [5, 5.41) is 29.1. The average molecular weight is 895 g/mol. The number of aromatic hydroxyl groups is 2. The molecule has 274 valence electrons. The van der Waals surface area contributed by atoms with E-state index in [0.29, 0.717) is 11.5 Å². The summed E-state index contributed by atoms with van der Waals surface area (Å²) in [7, 11) is 8.29. The van der Waals surface area contributed by atoms with Crippen molar-refractivity contribution in [1.82, 2.24) is 0 Å². The third-order valence-electron chi connectivity index (χ3n) is 7.33. The second-order valence-electron chi connectivity index (χ2n) is 13.8. The molecule has 0 radical (unpaired) electrons. The summed E-state index contributed by atoms with van der Waals surface area (Å²) in [6.07, 6.45) is 0. The molecule has 0 aliphatic heterocycles. The van der Waals surface area contributed by atoms with Gasteiger partial charge in [0.2, 0.25) is 0 Å². The van der Waals surface area contributed by atoms with Gasteiger partial charge in [0.15, 0.2) is 0 Å². The van der Waals surface area contributed by atoms with Crippen molar-refractivity contribution in [2.75, 3.05) is 0 Å². The van der Waals surface area contributed by atoms with Gasteiger partial charge >= 0.3 is 37.9 Å². The van der Waals surface area contributed by atoms with Crippen molar-refractivity contribution in [3.8, 4) is 11.5 Å². The van der Waals surface area contributed by atoms with Crippen LogP contribution in [0.4, 0.5) is 0 Å². The van der Waals surface area contributed by atoms with Gasteiger partial charge in [0.05, 0.1) is 9.79 Å². The number of phenolic OH excluding ortho intramolecular Hbond substituents is 2. The van der Waals surface area contributed by atoms with Crippen molar-refractivity contribution in [2.45, 2.75) is 60.8 Å². The van der Waals surface area contributed by atoms with Crippen LogP contribution in [0.5, 0.6) is 11.5 Å². The molecule has 0 aromatic heterocycles. The van der Waals surface area contributed by atoms with Gasteiger partial charge in [-0.15, -0.1) is 23.5 Å². The van der Waals surface area contributed by atoms with Crippen molar-refractivity contribution < 1.29 is 31.1 Å². The molecule has 0 unspecified atom stereocenters. The van der Waals surface area contributed by atoms with Gasteiger partial charge in [0, 0.05) is 20.1 Å². The predicted molar refractivity (Wildman–Crippen MR) is 237 cm³/mol. The van der Waals surface area contributed by atoms with Gasteiger partial charge in [0.25, 0.3) is 0 Å². The van der Waals surface area contributed by atoms with Crippen LogP contribution in [0.15, 0.2) is 168 Å². The molecule has 0 fully saturated rings. The Morgan fingerprint density at radius 3 is 0.887 bits per heavy atom. The first-order valence-electron chi connectivity index (χ1n) is 17.1. The van der Waals surface area contributed by atoms with Crippen LogP contribution < -0.4 is 31.8 Å². The van der Waals surface area contributed by atoms with E-state index in [9.17, 15) is 10.2 Å². The molecule has 6 rings (SSSR count). The first-order chi connectivity index (χ1) is 25.3. The van der Waals surface area contributed by atoms with Crippen LogP contribution in [-0.2, 0) is 20.8 Å². The molecule has 2 nitrogen and oxygen atoms in total. The zero-order valence-electron chi connectivity index (χ0n) is 30.9. The third kappa shape index (κ3) is 13.6. The van der Waals surface area contributed by atoms with E-state index in [0.717, 1.165) is 20.4 Å². The Labute approximate surface area is 346 Å². The van der Waals surface area contributed by atoms with Gasteiger partial charge in [-0.3, -0.25) is 0 Å². The Kier molecular flexibility index (Phi) is 17.6. The van der Waals surface area contributed by atoms with Gasteiger partial charge in [0.1, 0.15) is 11.5 Å². The minimum absolute atomic E-state index is 0.0539. The SMILES string of the molecule is CC(C)(C)Sc1cccc(P(c2ccccc2)c2ccccc2)c1O.CC(C)(C)Sc1cccc(P(c2ccccc2)c2ccccc2)c1O.[Cl][Zr][Cl]. The number of halogens is 2. The Bertz CT molecular complexity index is 1750. The van der Waals surface area contributed by atoms with E-state index in [1.54, 1.807) is 23.5 Å². The minimum atomic E-state index is -0.826. The van der Waals surface area contributed by atoms with Crippen LogP contribution in [0.3, 0.4) is 0 Å². The van der Waals surface area contributed by atoms with Crippen molar-refractivity contribution in [2.24, 2.45) is 0 Å². The zero-order chi connectivity index (χ0) is 38.4. The number of para-hydroxylation sites is 2. The van der Waals surface area contributed by atoms with Gasteiger partial charge in [-0.25, -0.2) is 0 Å². The summed E-state index contributed by atoms with van der Waals surface area (Å²) >= 11 is 2.59. The molecule has 0 heterocycles. The molecule has 2 N–H and O–H groups in total. The van der Waals surface area contributed by atoms with Crippen molar-refractivity contribution >= 4 is 88.2 Å². The van der Waals surface area contributed by atoms with Gasteiger partial charge in [-0.05, 0) is 49.2 Å². The van der Waals surface area contributed by atoms with E-state index >= 15 is 0 Å². The molecule has 9 heteroatoms. The first kappa shape index (κ1) is 43.7. The van der Waals surface area contributed by atoms with E-state index in [4.69, 9.17) is 17.0 Å². The molecule has 0 aliphatic rings. The number of hydrogen-bond acceptors (Lipinski definition) is 4. The normalized spacial score (nSPS) is 11.3. The predicted octanol–water partition coefficient (Wildman–Crippen LogP) is 11.5. The summed E-state index contributed by atoms with van der Waals surface area (Å²) in [5.74, 6) is 0.836. The number of hydrogen-bond donors (Lipinski definition) is 2. The zero-order valence-corrected chi connectivity index (χ0v) is 38.3. The molecular formula is C44H46Cl2O2P2S2Zr. The van der Waals surface area contributed by atoms with E-state index in [1.807, 2.05) is 36.4 Å². The molecule has 0 spiro atoms. The van der Waals surface area contributed by atoms with E-state index in [1.165, 1.54) is 21.2 Å². The summed E-state index contributed by atoms with van der Waals surface area (Å²) in [4.78, 5) is 1.90. The quantitative estimate of drug-likeness (QED) is 0.118. The number of rotatable bonds is 8. The second kappa shape index (κ2) is 21.3. The fraction of sp³-hybridized carbons (Fsp3) is 0.182.